The number of carbonyl (C=O) groups is 1. The minimum absolute atomic E-state index is 0.0837. The van der Waals surface area contributed by atoms with Crippen LogP contribution >= 0.6 is 0 Å². The molecule has 0 aliphatic carbocycles. The lowest BCUT2D eigenvalue weighted by molar-refractivity contribution is -0.138. The molecule has 0 amide bonds. The second-order valence-electron chi connectivity index (χ2n) is 7.25. The summed E-state index contributed by atoms with van der Waals surface area (Å²) in [6.45, 7) is 3.09. The number of carboxylic acid groups (broad SMARTS) is 1. The van der Waals surface area contributed by atoms with Crippen LogP contribution < -0.4 is 10.6 Å². The van der Waals surface area contributed by atoms with Crippen molar-refractivity contribution in [3.05, 3.63) is 54.6 Å². The molecule has 8 nitrogen and oxygen atoms in total. The van der Waals surface area contributed by atoms with E-state index < -0.39 is 5.97 Å². The van der Waals surface area contributed by atoms with Crippen molar-refractivity contribution in [2.45, 2.75) is 0 Å². The van der Waals surface area contributed by atoms with E-state index in [2.05, 4.69) is 15.1 Å². The molecule has 0 spiro atoms. The Hall–Kier alpha value is -3.65. The number of piperazine rings is 1. The number of nitrogen functional groups attached to an aromatic ring is 1. The number of nitrogens with zero attached hydrogens (tertiary/aromatic N) is 4. The Morgan fingerprint density at radius 1 is 0.967 bits per heavy atom. The molecule has 0 bridgehead atoms. The molecule has 2 heterocycles. The predicted molar refractivity (Wildman–Crippen MR) is 115 cm³/mol. The molecule has 1 aliphatic rings. The Balaban J connectivity index is 1.53. The van der Waals surface area contributed by atoms with E-state index >= 15 is 0 Å². The van der Waals surface area contributed by atoms with Crippen LogP contribution in [0.1, 0.15) is 0 Å². The van der Waals surface area contributed by atoms with Crippen LogP contribution in [0.5, 0.6) is 5.75 Å². The molecule has 0 unspecified atom stereocenters. The Labute approximate surface area is 174 Å². The molecule has 2 aromatic carbocycles. The number of nitrogens with two attached hydrogens (primary N) is 1. The second kappa shape index (κ2) is 8.38. The molecule has 1 fully saturated rings. The summed E-state index contributed by atoms with van der Waals surface area (Å²) in [5, 5.41) is 27.2. The molecule has 0 saturated carbocycles. The summed E-state index contributed by atoms with van der Waals surface area (Å²) in [7, 11) is 0. The van der Waals surface area contributed by atoms with Gasteiger partial charge in [-0.15, -0.1) is 10.2 Å². The lowest BCUT2D eigenvalue weighted by Gasteiger charge is -2.35. The van der Waals surface area contributed by atoms with Gasteiger partial charge >= 0.3 is 5.97 Å². The average Bonchev–Trinajstić information content (AvgIpc) is 2.75. The van der Waals surface area contributed by atoms with Crippen LogP contribution in [0.15, 0.2) is 54.6 Å². The molecule has 0 atom stereocenters. The van der Waals surface area contributed by atoms with Crippen LogP contribution in [0.3, 0.4) is 0 Å². The molecule has 8 heteroatoms. The fourth-order valence-electron chi connectivity index (χ4n) is 3.66. The van der Waals surface area contributed by atoms with E-state index in [0.717, 1.165) is 43.0 Å². The first-order chi connectivity index (χ1) is 14.5. The summed E-state index contributed by atoms with van der Waals surface area (Å²) in [6, 6.07) is 16.8. The fourth-order valence-corrected chi connectivity index (χ4v) is 3.66. The number of rotatable bonds is 5. The highest BCUT2D eigenvalue weighted by molar-refractivity contribution is 5.79. The van der Waals surface area contributed by atoms with Crippen molar-refractivity contribution in [1.82, 2.24) is 15.1 Å². The third kappa shape index (κ3) is 4.18. The zero-order chi connectivity index (χ0) is 21.1. The summed E-state index contributed by atoms with van der Waals surface area (Å²) < 4.78 is 0. The van der Waals surface area contributed by atoms with Crippen LogP contribution in [-0.4, -0.2) is 64.0 Å². The van der Waals surface area contributed by atoms with Crippen LogP contribution in [-0.2, 0) is 4.79 Å². The normalized spacial score (nSPS) is 14.6. The van der Waals surface area contributed by atoms with Gasteiger partial charge in [-0.3, -0.25) is 9.69 Å². The maximum atomic E-state index is 10.9. The maximum absolute atomic E-state index is 10.9. The summed E-state index contributed by atoms with van der Waals surface area (Å²) in [4.78, 5) is 15.0. The van der Waals surface area contributed by atoms with Gasteiger partial charge in [0.2, 0.25) is 0 Å². The number of aliphatic carboxylic acids is 1. The molecular formula is C22H23N5O3. The van der Waals surface area contributed by atoms with Crippen molar-refractivity contribution in [2.24, 2.45) is 0 Å². The lowest BCUT2D eigenvalue weighted by atomic mass is 10.0. The molecule has 1 aromatic heterocycles. The van der Waals surface area contributed by atoms with E-state index in [4.69, 9.17) is 10.8 Å². The van der Waals surface area contributed by atoms with E-state index in [9.17, 15) is 9.90 Å². The summed E-state index contributed by atoms with van der Waals surface area (Å²) >= 11 is 0. The largest absolute Gasteiger partial charge is 0.507 e. The van der Waals surface area contributed by atoms with Gasteiger partial charge in [0.05, 0.1) is 12.2 Å². The number of para-hydroxylation sites is 1. The smallest absolute Gasteiger partial charge is 0.317 e. The summed E-state index contributed by atoms with van der Waals surface area (Å²) in [5.74, 6) is -0.330. The number of aromatic nitrogens is 2. The number of hydrogen-bond donors (Lipinski definition) is 3. The Bertz CT molecular complexity index is 1050. The van der Waals surface area contributed by atoms with E-state index in [1.807, 2.05) is 41.3 Å². The van der Waals surface area contributed by atoms with Gasteiger partial charge in [0.1, 0.15) is 5.75 Å². The molecule has 154 valence electrons. The number of aromatic hydroxyl groups is 1. The number of carboxylic acids is 1. The summed E-state index contributed by atoms with van der Waals surface area (Å²) in [5.41, 5.74) is 9.96. The average molecular weight is 405 g/mol. The SMILES string of the molecule is Nc1nnc(-c2ccccc2O)cc1-c1ccc(N2CCN(CC(=O)O)CC2)cc1. The van der Waals surface area contributed by atoms with Crippen molar-refractivity contribution >= 4 is 17.5 Å². The van der Waals surface area contributed by atoms with Gasteiger partial charge in [-0.1, -0.05) is 24.3 Å². The molecule has 3 aromatic rings. The standard InChI is InChI=1S/C22H23N5O3/c23-22-18(13-19(24-25-22)17-3-1-2-4-20(17)28)15-5-7-16(8-6-15)27-11-9-26(10-12-27)14-21(29)30/h1-8,13,28H,9-12,14H2,(H2,23,25)(H,29,30). The summed E-state index contributed by atoms with van der Waals surface area (Å²) in [6.07, 6.45) is 0. The highest BCUT2D eigenvalue weighted by Gasteiger charge is 2.19. The zero-order valence-electron chi connectivity index (χ0n) is 16.4. The van der Waals surface area contributed by atoms with Crippen molar-refractivity contribution in [3.8, 4) is 28.1 Å². The van der Waals surface area contributed by atoms with E-state index in [1.54, 1.807) is 18.2 Å². The Morgan fingerprint density at radius 2 is 1.67 bits per heavy atom. The first kappa shape index (κ1) is 19.7. The molecule has 1 aliphatic heterocycles. The van der Waals surface area contributed by atoms with E-state index in [1.165, 1.54) is 0 Å². The fraction of sp³-hybridized carbons (Fsp3) is 0.227. The number of hydrogen-bond acceptors (Lipinski definition) is 7. The second-order valence-corrected chi connectivity index (χ2v) is 7.25. The molecular weight excluding hydrogens is 382 g/mol. The van der Waals surface area contributed by atoms with Gasteiger partial charge in [0, 0.05) is 43.0 Å². The van der Waals surface area contributed by atoms with Crippen LogP contribution in [0.2, 0.25) is 0 Å². The number of phenols is 1. The van der Waals surface area contributed by atoms with Crippen LogP contribution in [0, 0.1) is 0 Å². The lowest BCUT2D eigenvalue weighted by Crippen LogP contribution is -2.47. The minimum atomic E-state index is -0.792. The molecule has 4 rings (SSSR count). The molecule has 0 radical (unpaired) electrons. The van der Waals surface area contributed by atoms with Gasteiger partial charge in [0.15, 0.2) is 5.82 Å². The number of anilines is 2. The van der Waals surface area contributed by atoms with Gasteiger partial charge in [-0.25, -0.2) is 0 Å². The van der Waals surface area contributed by atoms with Crippen molar-refractivity contribution in [3.63, 3.8) is 0 Å². The topological polar surface area (TPSA) is 116 Å². The van der Waals surface area contributed by atoms with E-state index in [-0.39, 0.29) is 12.3 Å². The third-order valence-corrected chi connectivity index (χ3v) is 5.28. The van der Waals surface area contributed by atoms with E-state index in [0.29, 0.717) is 17.1 Å². The van der Waals surface area contributed by atoms with Crippen LogP contribution in [0.25, 0.3) is 22.4 Å². The van der Waals surface area contributed by atoms with Crippen molar-refractivity contribution in [2.75, 3.05) is 43.4 Å². The highest BCUT2D eigenvalue weighted by atomic mass is 16.4. The van der Waals surface area contributed by atoms with Crippen molar-refractivity contribution in [1.29, 1.82) is 0 Å². The van der Waals surface area contributed by atoms with Crippen molar-refractivity contribution < 1.29 is 15.0 Å². The monoisotopic (exact) mass is 405 g/mol. The number of benzene rings is 2. The van der Waals surface area contributed by atoms with Gasteiger partial charge in [-0.2, -0.15) is 0 Å². The quantitative estimate of drug-likeness (QED) is 0.592. The number of phenolic OH excluding ortho intramolecular Hbond substituents is 1. The van der Waals surface area contributed by atoms with Crippen LogP contribution in [0.4, 0.5) is 11.5 Å². The van der Waals surface area contributed by atoms with Gasteiger partial charge < -0.3 is 20.8 Å². The van der Waals surface area contributed by atoms with Gasteiger partial charge in [0.25, 0.3) is 0 Å². The molecule has 4 N–H and O–H groups in total. The Kier molecular flexibility index (Phi) is 5.49. The Morgan fingerprint density at radius 3 is 2.33 bits per heavy atom. The predicted octanol–water partition coefficient (Wildman–Crippen LogP) is 2.30. The third-order valence-electron chi connectivity index (χ3n) is 5.28. The molecule has 1 saturated heterocycles. The van der Waals surface area contributed by atoms with Gasteiger partial charge in [-0.05, 0) is 35.9 Å². The maximum Gasteiger partial charge on any atom is 0.317 e. The molecule has 30 heavy (non-hydrogen) atoms. The highest BCUT2D eigenvalue weighted by Crippen LogP contribution is 2.32. The zero-order valence-corrected chi connectivity index (χ0v) is 16.4. The first-order valence-electron chi connectivity index (χ1n) is 9.72. The first-order valence-corrected chi connectivity index (χ1v) is 9.72. The minimum Gasteiger partial charge on any atom is -0.507 e.